The van der Waals surface area contributed by atoms with Crippen LogP contribution in [0.15, 0.2) is 0 Å². The Balaban J connectivity index is 4.59. The molecule has 3 N–H and O–H groups in total. The van der Waals surface area contributed by atoms with Gasteiger partial charge in [0.15, 0.2) is 5.78 Å². The standard InChI is InChI=1S/C11H18N2O5/c1-6(11(17)18-3)4-9(15)8(5-10(12)16)13-7(2)14/h6,8H,4-5H2,1-3H3,(H2,12,16)(H,13,14)/t6-,8-/m1/s1. The number of esters is 1. The monoisotopic (exact) mass is 258 g/mol. The third kappa shape index (κ3) is 5.97. The number of hydrogen-bond acceptors (Lipinski definition) is 5. The molecular formula is C11H18N2O5. The molecule has 0 spiro atoms. The fourth-order valence-electron chi connectivity index (χ4n) is 1.42. The number of carbonyl (C=O) groups excluding carboxylic acids is 4. The van der Waals surface area contributed by atoms with E-state index in [-0.39, 0.29) is 12.8 Å². The highest BCUT2D eigenvalue weighted by atomic mass is 16.5. The van der Waals surface area contributed by atoms with E-state index in [2.05, 4.69) is 10.1 Å². The molecule has 0 aromatic carbocycles. The molecule has 0 aliphatic heterocycles. The minimum absolute atomic E-state index is 0.120. The molecule has 0 aromatic rings. The largest absolute Gasteiger partial charge is 0.469 e. The van der Waals surface area contributed by atoms with Crippen molar-refractivity contribution in [3.05, 3.63) is 0 Å². The van der Waals surface area contributed by atoms with Gasteiger partial charge in [-0.2, -0.15) is 0 Å². The Morgan fingerprint density at radius 1 is 1.22 bits per heavy atom. The quantitative estimate of drug-likeness (QED) is 0.576. The molecule has 7 nitrogen and oxygen atoms in total. The Morgan fingerprint density at radius 3 is 2.17 bits per heavy atom. The van der Waals surface area contributed by atoms with Gasteiger partial charge in [-0.05, 0) is 0 Å². The van der Waals surface area contributed by atoms with Crippen LogP contribution in [-0.4, -0.2) is 36.7 Å². The second kappa shape index (κ2) is 7.41. The van der Waals surface area contributed by atoms with Crippen molar-refractivity contribution in [3.63, 3.8) is 0 Å². The van der Waals surface area contributed by atoms with E-state index in [4.69, 9.17) is 5.73 Å². The molecule has 0 saturated carbocycles. The summed E-state index contributed by atoms with van der Waals surface area (Å²) in [5.41, 5.74) is 4.99. The van der Waals surface area contributed by atoms with Crippen LogP contribution in [0.2, 0.25) is 0 Å². The van der Waals surface area contributed by atoms with Crippen molar-refractivity contribution in [3.8, 4) is 0 Å². The van der Waals surface area contributed by atoms with Crippen molar-refractivity contribution in [2.45, 2.75) is 32.7 Å². The highest BCUT2D eigenvalue weighted by Crippen LogP contribution is 2.08. The molecule has 18 heavy (non-hydrogen) atoms. The van der Waals surface area contributed by atoms with E-state index < -0.39 is 35.5 Å². The van der Waals surface area contributed by atoms with Gasteiger partial charge in [0.1, 0.15) is 0 Å². The first-order valence-corrected chi connectivity index (χ1v) is 5.43. The predicted molar refractivity (Wildman–Crippen MR) is 62.2 cm³/mol. The van der Waals surface area contributed by atoms with Crippen LogP contribution in [0.3, 0.4) is 0 Å². The minimum atomic E-state index is -0.993. The number of primary amides is 1. The van der Waals surface area contributed by atoms with E-state index in [9.17, 15) is 19.2 Å². The highest BCUT2D eigenvalue weighted by Gasteiger charge is 2.25. The van der Waals surface area contributed by atoms with Crippen LogP contribution in [0.1, 0.15) is 26.7 Å². The Kier molecular flexibility index (Phi) is 6.62. The molecule has 0 aliphatic carbocycles. The van der Waals surface area contributed by atoms with Crippen molar-refractivity contribution in [2.24, 2.45) is 11.7 Å². The van der Waals surface area contributed by atoms with Crippen LogP contribution in [0.4, 0.5) is 0 Å². The van der Waals surface area contributed by atoms with Gasteiger partial charge < -0.3 is 15.8 Å². The fourth-order valence-corrected chi connectivity index (χ4v) is 1.42. The summed E-state index contributed by atoms with van der Waals surface area (Å²) < 4.78 is 4.48. The number of methoxy groups -OCH3 is 1. The van der Waals surface area contributed by atoms with E-state index in [1.54, 1.807) is 0 Å². The molecule has 0 heterocycles. The molecule has 0 rings (SSSR count). The van der Waals surface area contributed by atoms with E-state index in [0.717, 1.165) is 0 Å². The molecule has 2 atom stereocenters. The lowest BCUT2D eigenvalue weighted by Gasteiger charge is -2.16. The first-order valence-electron chi connectivity index (χ1n) is 5.43. The maximum absolute atomic E-state index is 11.8. The lowest BCUT2D eigenvalue weighted by atomic mass is 9.98. The van der Waals surface area contributed by atoms with Gasteiger partial charge >= 0.3 is 5.97 Å². The van der Waals surface area contributed by atoms with Gasteiger partial charge in [-0.15, -0.1) is 0 Å². The smallest absolute Gasteiger partial charge is 0.308 e. The van der Waals surface area contributed by atoms with Gasteiger partial charge in [0.2, 0.25) is 11.8 Å². The predicted octanol–water partition coefficient (Wildman–Crippen LogP) is -0.865. The van der Waals surface area contributed by atoms with Crippen LogP contribution in [0, 0.1) is 5.92 Å². The Labute approximate surface area is 105 Å². The summed E-state index contributed by atoms with van der Waals surface area (Å²) in [7, 11) is 1.22. The Morgan fingerprint density at radius 2 is 1.78 bits per heavy atom. The fraction of sp³-hybridized carbons (Fsp3) is 0.636. The maximum atomic E-state index is 11.8. The third-order valence-corrected chi connectivity index (χ3v) is 2.28. The number of rotatable bonds is 7. The first kappa shape index (κ1) is 16.1. The summed E-state index contributed by atoms with van der Waals surface area (Å²) >= 11 is 0. The topological polar surface area (TPSA) is 116 Å². The molecule has 0 fully saturated rings. The zero-order valence-corrected chi connectivity index (χ0v) is 10.7. The first-order chi connectivity index (χ1) is 8.27. The zero-order valence-electron chi connectivity index (χ0n) is 10.7. The van der Waals surface area contributed by atoms with E-state index in [1.807, 2.05) is 0 Å². The molecule has 0 bridgehead atoms. The number of carbonyl (C=O) groups is 4. The molecular weight excluding hydrogens is 240 g/mol. The second-order valence-corrected chi connectivity index (χ2v) is 4.02. The van der Waals surface area contributed by atoms with Gasteiger partial charge in [-0.25, -0.2) is 0 Å². The van der Waals surface area contributed by atoms with E-state index in [0.29, 0.717) is 0 Å². The number of Topliss-reactive ketones (excluding diaryl/α,β-unsaturated/α-hetero) is 1. The van der Waals surface area contributed by atoms with Gasteiger partial charge in [0, 0.05) is 13.3 Å². The number of ether oxygens (including phenoxy) is 1. The lowest BCUT2D eigenvalue weighted by Crippen LogP contribution is -2.43. The summed E-state index contributed by atoms with van der Waals surface area (Å²) in [5.74, 6) is -2.73. The van der Waals surface area contributed by atoms with Crippen LogP contribution >= 0.6 is 0 Å². The minimum Gasteiger partial charge on any atom is -0.469 e. The van der Waals surface area contributed by atoms with Crippen LogP contribution < -0.4 is 11.1 Å². The summed E-state index contributed by atoms with van der Waals surface area (Å²) in [6, 6.07) is -0.993. The SMILES string of the molecule is COC(=O)[C@H](C)CC(=O)[C@@H](CC(N)=O)NC(C)=O. The van der Waals surface area contributed by atoms with Crippen LogP contribution in [-0.2, 0) is 23.9 Å². The molecule has 7 heteroatoms. The molecule has 0 unspecified atom stereocenters. The summed E-state index contributed by atoms with van der Waals surface area (Å²) in [4.78, 5) is 44.7. The molecule has 102 valence electrons. The number of nitrogens with two attached hydrogens (primary N) is 1. The van der Waals surface area contributed by atoms with Crippen molar-refractivity contribution < 1.29 is 23.9 Å². The van der Waals surface area contributed by atoms with Crippen molar-refractivity contribution >= 4 is 23.6 Å². The van der Waals surface area contributed by atoms with E-state index >= 15 is 0 Å². The maximum Gasteiger partial charge on any atom is 0.308 e. The van der Waals surface area contributed by atoms with Crippen LogP contribution in [0.5, 0.6) is 0 Å². The average Bonchev–Trinajstić information content (AvgIpc) is 2.25. The average molecular weight is 258 g/mol. The normalized spacial score (nSPS) is 13.3. The zero-order chi connectivity index (χ0) is 14.3. The van der Waals surface area contributed by atoms with Crippen molar-refractivity contribution in [2.75, 3.05) is 7.11 Å². The summed E-state index contributed by atoms with van der Waals surface area (Å²) in [5, 5.41) is 2.33. The Hall–Kier alpha value is -1.92. The highest BCUT2D eigenvalue weighted by molar-refractivity contribution is 5.94. The van der Waals surface area contributed by atoms with Gasteiger partial charge in [-0.3, -0.25) is 19.2 Å². The summed E-state index contributed by atoms with van der Waals surface area (Å²) in [6.45, 7) is 2.75. The van der Waals surface area contributed by atoms with Crippen molar-refractivity contribution in [1.82, 2.24) is 5.32 Å². The second-order valence-electron chi connectivity index (χ2n) is 4.02. The Bertz CT molecular complexity index is 337. The lowest BCUT2D eigenvalue weighted by molar-refractivity contribution is -0.146. The van der Waals surface area contributed by atoms with Gasteiger partial charge in [-0.1, -0.05) is 6.92 Å². The summed E-state index contributed by atoms with van der Waals surface area (Å²) in [6.07, 6.45) is -0.406. The molecule has 2 amide bonds. The molecule has 0 aromatic heterocycles. The number of ketones is 1. The molecule has 0 radical (unpaired) electrons. The van der Waals surface area contributed by atoms with Crippen molar-refractivity contribution in [1.29, 1.82) is 0 Å². The number of hydrogen-bond donors (Lipinski definition) is 2. The third-order valence-electron chi connectivity index (χ3n) is 2.28. The van der Waals surface area contributed by atoms with Gasteiger partial charge in [0.05, 0.1) is 25.5 Å². The van der Waals surface area contributed by atoms with E-state index in [1.165, 1.54) is 21.0 Å². The van der Waals surface area contributed by atoms with Crippen LogP contribution in [0.25, 0.3) is 0 Å². The molecule has 0 saturated heterocycles. The molecule has 0 aliphatic rings. The number of nitrogens with one attached hydrogen (secondary N) is 1. The van der Waals surface area contributed by atoms with Gasteiger partial charge in [0.25, 0.3) is 0 Å². The number of amides is 2.